The fourth-order valence-corrected chi connectivity index (χ4v) is 3.78. The number of hydrogen-bond donors (Lipinski definition) is 2. The predicted octanol–water partition coefficient (Wildman–Crippen LogP) is 3.40. The maximum absolute atomic E-state index is 12.3. The van der Waals surface area contributed by atoms with Crippen LogP contribution in [0.2, 0.25) is 0 Å². The fourth-order valence-electron chi connectivity index (χ4n) is 2.97. The smallest absolute Gasteiger partial charge is 0.349 e. The molecule has 2 rings (SSSR count). The van der Waals surface area contributed by atoms with Crippen LogP contribution in [-0.2, 0) is 20.9 Å². The summed E-state index contributed by atoms with van der Waals surface area (Å²) in [6.45, 7) is 8.48. The highest BCUT2D eigenvalue weighted by atomic mass is 32.1. The number of ether oxygens (including phenoxy) is 1. The molecule has 0 aliphatic rings. The lowest BCUT2D eigenvalue weighted by molar-refractivity contribution is -0.142. The standard InChI is InChI=1S/C22H26N4O4S/c1-13(2)5-7-26-14(3)9-16(15(26)4)10-17(11-23)22(29)30-12-19(27)25-21-18(20(24)28)6-8-31-21/h6,8-10,13H,5,7,12H2,1-4H3,(H2,24,28)(H,25,27). The van der Waals surface area contributed by atoms with Crippen LogP contribution >= 0.6 is 11.3 Å². The van der Waals surface area contributed by atoms with Crippen LogP contribution in [0, 0.1) is 31.1 Å². The lowest BCUT2D eigenvalue weighted by Gasteiger charge is -2.11. The third kappa shape index (κ3) is 6.30. The summed E-state index contributed by atoms with van der Waals surface area (Å²) in [7, 11) is 0. The van der Waals surface area contributed by atoms with Gasteiger partial charge in [-0.2, -0.15) is 5.26 Å². The van der Waals surface area contributed by atoms with Crippen LogP contribution in [-0.4, -0.2) is 29.0 Å². The number of hydrogen-bond acceptors (Lipinski definition) is 6. The van der Waals surface area contributed by atoms with E-state index in [1.54, 1.807) is 5.38 Å². The Morgan fingerprint density at radius 2 is 2.06 bits per heavy atom. The van der Waals surface area contributed by atoms with Crippen LogP contribution in [0.25, 0.3) is 6.08 Å². The maximum atomic E-state index is 12.3. The van der Waals surface area contributed by atoms with Crippen molar-refractivity contribution in [3.8, 4) is 6.07 Å². The van der Waals surface area contributed by atoms with Crippen LogP contribution in [0.3, 0.4) is 0 Å². The number of amides is 2. The molecule has 2 aromatic heterocycles. The van der Waals surface area contributed by atoms with E-state index >= 15 is 0 Å². The molecule has 0 spiro atoms. The number of esters is 1. The summed E-state index contributed by atoms with van der Waals surface area (Å²) in [5.74, 6) is -1.65. The van der Waals surface area contributed by atoms with E-state index in [1.165, 1.54) is 12.1 Å². The fraction of sp³-hybridized carbons (Fsp3) is 0.364. The number of aromatic nitrogens is 1. The van der Waals surface area contributed by atoms with E-state index in [4.69, 9.17) is 10.5 Å². The highest BCUT2D eigenvalue weighted by Gasteiger charge is 2.17. The minimum Gasteiger partial charge on any atom is -0.451 e. The monoisotopic (exact) mass is 442 g/mol. The molecule has 2 aromatic rings. The Balaban J connectivity index is 2.05. The Hall–Kier alpha value is -3.38. The normalized spacial score (nSPS) is 11.3. The van der Waals surface area contributed by atoms with Crippen LogP contribution in [0.15, 0.2) is 23.1 Å². The number of anilines is 1. The zero-order valence-electron chi connectivity index (χ0n) is 18.0. The average Bonchev–Trinajstić information content (AvgIpc) is 3.27. The molecule has 2 amide bonds. The lowest BCUT2D eigenvalue weighted by Crippen LogP contribution is -2.22. The van der Waals surface area contributed by atoms with Gasteiger partial charge in [-0.05, 0) is 55.3 Å². The number of rotatable bonds is 9. The molecule has 0 aliphatic carbocycles. The van der Waals surface area contributed by atoms with Crippen molar-refractivity contribution in [2.75, 3.05) is 11.9 Å². The van der Waals surface area contributed by atoms with Crippen molar-refractivity contribution in [2.45, 2.75) is 40.7 Å². The van der Waals surface area contributed by atoms with Gasteiger partial charge in [0.2, 0.25) is 0 Å². The van der Waals surface area contributed by atoms with Crippen molar-refractivity contribution in [3.63, 3.8) is 0 Å². The number of aryl methyl sites for hydroxylation is 1. The van der Waals surface area contributed by atoms with Crippen molar-refractivity contribution in [2.24, 2.45) is 11.7 Å². The van der Waals surface area contributed by atoms with Gasteiger partial charge < -0.3 is 20.4 Å². The second-order valence-corrected chi connectivity index (χ2v) is 8.40. The van der Waals surface area contributed by atoms with Gasteiger partial charge in [-0.25, -0.2) is 4.79 Å². The molecule has 0 saturated heterocycles. The van der Waals surface area contributed by atoms with Gasteiger partial charge in [-0.1, -0.05) is 13.8 Å². The number of thiophene rings is 1. The predicted molar refractivity (Wildman–Crippen MR) is 119 cm³/mol. The molecular formula is C22H26N4O4S. The molecule has 0 fully saturated rings. The number of nitrogens with zero attached hydrogens (tertiary/aromatic N) is 2. The second kappa shape index (κ2) is 10.6. The topological polar surface area (TPSA) is 127 Å². The SMILES string of the molecule is Cc1cc(C=C(C#N)C(=O)OCC(=O)Nc2sccc2C(N)=O)c(C)n1CCC(C)C. The largest absolute Gasteiger partial charge is 0.451 e. The molecule has 0 aliphatic heterocycles. The van der Waals surface area contributed by atoms with Crippen molar-refractivity contribution in [1.82, 2.24) is 4.57 Å². The maximum Gasteiger partial charge on any atom is 0.349 e. The first-order valence-electron chi connectivity index (χ1n) is 9.76. The van der Waals surface area contributed by atoms with Gasteiger partial charge in [0.05, 0.1) is 5.56 Å². The number of carbonyl (C=O) groups excluding carboxylic acids is 3. The van der Waals surface area contributed by atoms with Gasteiger partial charge in [0, 0.05) is 17.9 Å². The summed E-state index contributed by atoms with van der Waals surface area (Å²) in [4.78, 5) is 35.7. The minimum absolute atomic E-state index is 0.176. The number of nitriles is 1. The number of primary amides is 1. The third-order valence-electron chi connectivity index (χ3n) is 4.70. The van der Waals surface area contributed by atoms with Gasteiger partial charge in [0.25, 0.3) is 11.8 Å². The molecule has 2 heterocycles. The summed E-state index contributed by atoms with van der Waals surface area (Å²) in [6, 6.07) is 5.24. The highest BCUT2D eigenvalue weighted by Crippen LogP contribution is 2.23. The summed E-state index contributed by atoms with van der Waals surface area (Å²) < 4.78 is 7.12. The van der Waals surface area contributed by atoms with Crippen LogP contribution in [0.1, 0.15) is 47.6 Å². The van der Waals surface area contributed by atoms with Crippen molar-refractivity contribution >= 4 is 40.2 Å². The number of carbonyl (C=O) groups is 3. The summed E-state index contributed by atoms with van der Waals surface area (Å²) >= 11 is 1.12. The van der Waals surface area contributed by atoms with Crippen molar-refractivity contribution < 1.29 is 19.1 Å². The minimum atomic E-state index is -0.897. The Kier molecular flexibility index (Phi) is 8.16. The highest BCUT2D eigenvalue weighted by molar-refractivity contribution is 7.14. The summed E-state index contributed by atoms with van der Waals surface area (Å²) in [5.41, 5.74) is 7.95. The van der Waals surface area contributed by atoms with E-state index in [1.807, 2.05) is 26.0 Å². The quantitative estimate of drug-likeness (QED) is 0.349. The van der Waals surface area contributed by atoms with E-state index in [2.05, 4.69) is 23.7 Å². The Labute approximate surface area is 185 Å². The van der Waals surface area contributed by atoms with E-state index in [9.17, 15) is 19.6 Å². The third-order valence-corrected chi connectivity index (χ3v) is 5.53. The number of nitrogens with one attached hydrogen (secondary N) is 1. The summed E-state index contributed by atoms with van der Waals surface area (Å²) in [6.07, 6.45) is 2.49. The first-order chi connectivity index (χ1) is 14.6. The van der Waals surface area contributed by atoms with Crippen LogP contribution in [0.4, 0.5) is 5.00 Å². The van der Waals surface area contributed by atoms with Gasteiger partial charge >= 0.3 is 5.97 Å². The molecular weight excluding hydrogens is 416 g/mol. The molecule has 0 unspecified atom stereocenters. The van der Waals surface area contributed by atoms with Crippen LogP contribution < -0.4 is 11.1 Å². The molecule has 9 heteroatoms. The molecule has 3 N–H and O–H groups in total. The van der Waals surface area contributed by atoms with Gasteiger partial charge in [0.1, 0.15) is 16.6 Å². The second-order valence-electron chi connectivity index (χ2n) is 7.48. The summed E-state index contributed by atoms with van der Waals surface area (Å²) in [5, 5.41) is 13.8. The van der Waals surface area contributed by atoms with Crippen LogP contribution in [0.5, 0.6) is 0 Å². The van der Waals surface area contributed by atoms with Gasteiger partial charge in [0.15, 0.2) is 6.61 Å². The Morgan fingerprint density at radius 3 is 2.68 bits per heavy atom. The van der Waals surface area contributed by atoms with E-state index < -0.39 is 24.4 Å². The van der Waals surface area contributed by atoms with Crippen molar-refractivity contribution in [1.29, 1.82) is 5.26 Å². The first-order valence-corrected chi connectivity index (χ1v) is 10.6. The first kappa shape index (κ1) is 23.9. The zero-order chi connectivity index (χ0) is 23.1. The number of nitrogens with two attached hydrogens (primary N) is 1. The molecule has 0 bridgehead atoms. The molecule has 31 heavy (non-hydrogen) atoms. The lowest BCUT2D eigenvalue weighted by atomic mass is 10.1. The van der Waals surface area contributed by atoms with Gasteiger partial charge in [-0.15, -0.1) is 11.3 Å². The zero-order valence-corrected chi connectivity index (χ0v) is 18.8. The van der Waals surface area contributed by atoms with Crippen molar-refractivity contribution in [3.05, 3.63) is 45.6 Å². The molecule has 0 radical (unpaired) electrons. The molecule has 164 valence electrons. The average molecular weight is 443 g/mol. The molecule has 0 aromatic carbocycles. The molecule has 0 atom stereocenters. The Bertz CT molecular complexity index is 1060. The Morgan fingerprint density at radius 1 is 1.35 bits per heavy atom. The molecule has 8 nitrogen and oxygen atoms in total. The van der Waals surface area contributed by atoms with E-state index in [-0.39, 0.29) is 16.1 Å². The van der Waals surface area contributed by atoms with Gasteiger partial charge in [-0.3, -0.25) is 9.59 Å². The van der Waals surface area contributed by atoms with E-state index in [0.717, 1.165) is 41.3 Å². The van der Waals surface area contributed by atoms with E-state index in [0.29, 0.717) is 5.92 Å². The molecule has 0 saturated carbocycles.